The van der Waals surface area contributed by atoms with E-state index in [1.54, 1.807) is 12.1 Å². The zero-order valence-corrected chi connectivity index (χ0v) is 31.4. The average Bonchev–Trinajstić information content (AvgIpc) is 3.81. The summed E-state index contributed by atoms with van der Waals surface area (Å²) in [7, 11) is 0. The van der Waals surface area contributed by atoms with Gasteiger partial charge in [0.25, 0.3) is 0 Å². The summed E-state index contributed by atoms with van der Waals surface area (Å²) in [5.74, 6) is 0. The second kappa shape index (κ2) is 13.4. The minimum absolute atomic E-state index is 0. The van der Waals surface area contributed by atoms with Crippen molar-refractivity contribution >= 4 is 71.1 Å². The van der Waals surface area contributed by atoms with E-state index in [0.29, 0.717) is 3.63 Å². The van der Waals surface area contributed by atoms with Gasteiger partial charge in [0.15, 0.2) is 0 Å². The Morgan fingerprint density at radius 2 is 1.02 bits per heavy atom. The molecular formula is C47H34Cl2Zr. The molecule has 3 heteroatoms. The van der Waals surface area contributed by atoms with Crippen molar-refractivity contribution in [3.63, 3.8) is 0 Å². The van der Waals surface area contributed by atoms with Crippen LogP contribution in [0.2, 0.25) is 0 Å². The van der Waals surface area contributed by atoms with Crippen LogP contribution in [0.15, 0.2) is 179 Å². The van der Waals surface area contributed by atoms with Crippen molar-refractivity contribution in [3.8, 4) is 11.1 Å². The normalized spacial score (nSPS) is 14.2. The summed E-state index contributed by atoms with van der Waals surface area (Å²) >= 11 is -2.90. The molecule has 0 radical (unpaired) electrons. The summed E-state index contributed by atoms with van der Waals surface area (Å²) in [6.45, 7) is 0. The van der Waals surface area contributed by atoms with Gasteiger partial charge in [0, 0.05) is 0 Å². The summed E-state index contributed by atoms with van der Waals surface area (Å²) < 4.78 is 3.60. The fraction of sp³-hybridized carbons (Fsp3) is 0.0426. The molecule has 8 aromatic rings. The molecule has 0 fully saturated rings. The van der Waals surface area contributed by atoms with Crippen molar-refractivity contribution in [2.45, 2.75) is 10.0 Å². The molecule has 1 atom stereocenters. The molecule has 0 nitrogen and oxygen atoms in total. The third kappa shape index (κ3) is 5.18. The number of fused-ring (bicyclic) bond motifs is 10. The number of hydrogen-bond donors (Lipinski definition) is 0. The van der Waals surface area contributed by atoms with Gasteiger partial charge in [-0.2, -0.15) is 0 Å². The third-order valence-corrected chi connectivity index (χ3v) is 18.8. The Bertz CT molecular complexity index is 2630. The van der Waals surface area contributed by atoms with Crippen molar-refractivity contribution in [2.24, 2.45) is 0 Å². The van der Waals surface area contributed by atoms with E-state index in [1.165, 1.54) is 70.9 Å². The first kappa shape index (κ1) is 32.8. The van der Waals surface area contributed by atoms with Crippen molar-refractivity contribution < 1.29 is 21.3 Å². The Morgan fingerprint density at radius 1 is 0.500 bits per heavy atom. The van der Waals surface area contributed by atoms with E-state index in [0.717, 1.165) is 6.42 Å². The topological polar surface area (TPSA) is 0 Å². The Morgan fingerprint density at radius 3 is 1.64 bits per heavy atom. The predicted octanol–water partition coefficient (Wildman–Crippen LogP) is 12.9. The summed E-state index contributed by atoms with van der Waals surface area (Å²) in [6.07, 6.45) is 8.22. The molecule has 0 saturated carbocycles. The number of rotatable bonds is 4. The molecule has 0 aromatic heterocycles. The second-order valence-electron chi connectivity index (χ2n) is 13.1. The molecule has 0 saturated heterocycles. The number of allylic oxidation sites excluding steroid dienone is 4. The van der Waals surface area contributed by atoms with Crippen molar-refractivity contribution in [1.29, 1.82) is 0 Å². The Kier molecular flexibility index (Phi) is 8.78. The molecule has 8 aromatic carbocycles. The minimum atomic E-state index is -2.90. The van der Waals surface area contributed by atoms with E-state index in [9.17, 15) is 0 Å². The molecule has 0 spiro atoms. The van der Waals surface area contributed by atoms with Gasteiger partial charge in [0.2, 0.25) is 0 Å². The summed E-state index contributed by atoms with van der Waals surface area (Å²) in [4.78, 5) is 0. The van der Waals surface area contributed by atoms with Gasteiger partial charge in [-0.1, -0.05) is 0 Å². The molecular weight excluding hydrogens is 727 g/mol. The van der Waals surface area contributed by atoms with Gasteiger partial charge in [-0.3, -0.25) is 0 Å². The molecule has 240 valence electrons. The van der Waals surface area contributed by atoms with Crippen LogP contribution in [0.25, 0.3) is 54.2 Å². The first-order valence-corrected chi connectivity index (χ1v) is 20.8. The van der Waals surface area contributed by atoms with Gasteiger partial charge in [0.1, 0.15) is 0 Å². The van der Waals surface area contributed by atoms with Crippen LogP contribution in [0.1, 0.15) is 32.3 Å². The van der Waals surface area contributed by atoms with E-state index in [2.05, 4.69) is 176 Å². The maximum absolute atomic E-state index is 2.90. The van der Waals surface area contributed by atoms with Gasteiger partial charge >= 0.3 is 290 Å². The summed E-state index contributed by atoms with van der Waals surface area (Å²) in [5.41, 5.74) is 8.68. The van der Waals surface area contributed by atoms with Gasteiger partial charge in [-0.25, -0.2) is 0 Å². The van der Waals surface area contributed by atoms with Gasteiger partial charge in [0.05, 0.1) is 0 Å². The maximum Gasteiger partial charge on any atom is -0.147 e. The molecule has 0 aliphatic heterocycles. The van der Waals surface area contributed by atoms with Gasteiger partial charge < -0.3 is 0 Å². The van der Waals surface area contributed by atoms with Crippen LogP contribution in [0.4, 0.5) is 0 Å². The molecule has 10 rings (SSSR count). The molecule has 2 aliphatic rings. The largest absolute Gasteiger partial charge is 0.147 e. The second-order valence-corrected chi connectivity index (χ2v) is 19.4. The average molecular weight is 761 g/mol. The smallest absolute Gasteiger partial charge is 0.147 e. The molecule has 2 aliphatic carbocycles. The number of hydrogen-bond acceptors (Lipinski definition) is 0. The molecule has 0 bridgehead atoms. The molecule has 0 heterocycles. The third-order valence-electron chi connectivity index (χ3n) is 10.6. The van der Waals surface area contributed by atoms with Gasteiger partial charge in [-0.05, 0) is 0 Å². The number of halogens is 2. The van der Waals surface area contributed by atoms with Crippen LogP contribution in [-0.2, 0) is 21.3 Å². The van der Waals surface area contributed by atoms with Crippen molar-refractivity contribution in [3.05, 3.63) is 201 Å². The zero-order chi connectivity index (χ0) is 31.6. The van der Waals surface area contributed by atoms with Crippen molar-refractivity contribution in [1.82, 2.24) is 0 Å². The van der Waals surface area contributed by atoms with Crippen LogP contribution < -0.4 is 0 Å². The standard InChI is InChI=1S/C21H13.C21H14.C5H5.2ClH.Zr/c1-2-8-15-14(7-1)13-20-18-11-4-3-9-16(18)17-10-5-6-12-19(17)21(15)20;1-3-7-20-14-16(9-11-18(20)5-1)13-17-10-12-19-6-2-4-8-21(19)15-17;1-2-4-5-3-1;;;/h1-13H;1-12,14-15H;1-3H,4H2;2*1H;. The SMILES string of the molecule is C1=CC[C]([Zr](=[C](c2ccc3ccccc3c2)c2ccc3ccccc3c2)[CH]2c3ccccc3-c3c2c2ccccc2c2ccccc32)=C1.Cl.Cl. The molecule has 1 unspecified atom stereocenters. The van der Waals surface area contributed by atoms with Crippen LogP contribution in [-0.4, -0.2) is 3.21 Å². The summed E-state index contributed by atoms with van der Waals surface area (Å²) in [5, 5.41) is 10.7. The van der Waals surface area contributed by atoms with E-state index < -0.39 is 21.3 Å². The maximum atomic E-state index is 2.49. The van der Waals surface area contributed by atoms with Crippen LogP contribution >= 0.6 is 24.8 Å². The van der Waals surface area contributed by atoms with Crippen LogP contribution in [0.5, 0.6) is 0 Å². The fourth-order valence-corrected chi connectivity index (χ4v) is 17.5. The molecule has 50 heavy (non-hydrogen) atoms. The van der Waals surface area contributed by atoms with Crippen molar-refractivity contribution in [2.75, 3.05) is 0 Å². The monoisotopic (exact) mass is 758 g/mol. The minimum Gasteiger partial charge on any atom is -0.147 e. The van der Waals surface area contributed by atoms with E-state index in [4.69, 9.17) is 0 Å². The molecule has 0 amide bonds. The van der Waals surface area contributed by atoms with Gasteiger partial charge in [-0.15, -0.1) is 24.8 Å². The number of benzene rings is 8. The van der Waals surface area contributed by atoms with E-state index >= 15 is 0 Å². The predicted molar refractivity (Wildman–Crippen MR) is 216 cm³/mol. The van der Waals surface area contributed by atoms with E-state index in [-0.39, 0.29) is 24.8 Å². The summed E-state index contributed by atoms with van der Waals surface area (Å²) in [6, 6.07) is 59.8. The van der Waals surface area contributed by atoms with E-state index in [1.807, 2.05) is 0 Å². The quantitative estimate of drug-likeness (QED) is 0.157. The van der Waals surface area contributed by atoms with Crippen LogP contribution in [0, 0.1) is 0 Å². The zero-order valence-electron chi connectivity index (χ0n) is 27.3. The molecule has 0 N–H and O–H groups in total. The Hall–Kier alpha value is -4.39. The first-order chi connectivity index (χ1) is 23.8. The first-order valence-electron chi connectivity index (χ1n) is 16.9. The Balaban J connectivity index is 0.00000180. The van der Waals surface area contributed by atoms with Crippen LogP contribution in [0.3, 0.4) is 0 Å². The Labute approximate surface area is 312 Å². The fourth-order valence-electron chi connectivity index (χ4n) is 8.49.